The summed E-state index contributed by atoms with van der Waals surface area (Å²) >= 11 is 7.37. The largest absolute Gasteiger partial charge is 0.507 e. The monoisotopic (exact) mass is 532 g/mol. The van der Waals surface area contributed by atoms with Gasteiger partial charge in [-0.15, -0.1) is 0 Å². The molecule has 1 aliphatic heterocycles. The normalized spacial score (nSPS) is 17.2. The number of aliphatic hydroxyl groups is 1. The fourth-order valence-electron chi connectivity index (χ4n) is 4.39. The first-order valence-electron chi connectivity index (χ1n) is 12.0. The number of halogens is 1. The van der Waals surface area contributed by atoms with Crippen LogP contribution in [0.1, 0.15) is 43.5 Å². The molecule has 1 amide bonds. The highest BCUT2D eigenvalue weighted by atomic mass is 35.5. The molecule has 6 nitrogen and oxygen atoms in total. The number of Topliss-reactive ketones (excluding diaryl/α,β-unsaturated/α-hetero) is 1. The maximum absolute atomic E-state index is 13.5. The molecule has 4 aromatic rings. The van der Waals surface area contributed by atoms with Crippen molar-refractivity contribution in [2.75, 3.05) is 4.90 Å². The van der Waals surface area contributed by atoms with Gasteiger partial charge < -0.3 is 9.84 Å². The third-order valence-electron chi connectivity index (χ3n) is 6.19. The van der Waals surface area contributed by atoms with Crippen molar-refractivity contribution in [1.82, 2.24) is 4.98 Å². The SMILES string of the molecule is CCc1ccc2nc(N3C(=O)C(=O)/C(=C(/O)c4ccc(Cl)cc4)[C@H]3c3ccc(OC(C)C)cc3)sc2c1. The van der Waals surface area contributed by atoms with Crippen molar-refractivity contribution in [2.45, 2.75) is 39.3 Å². The van der Waals surface area contributed by atoms with Gasteiger partial charge in [0.25, 0.3) is 5.78 Å². The highest BCUT2D eigenvalue weighted by molar-refractivity contribution is 7.22. The molecule has 37 heavy (non-hydrogen) atoms. The number of ether oxygens (including phenoxy) is 1. The van der Waals surface area contributed by atoms with E-state index < -0.39 is 17.7 Å². The van der Waals surface area contributed by atoms with Crippen molar-refractivity contribution in [3.05, 3.63) is 94.0 Å². The molecule has 1 atom stereocenters. The number of benzene rings is 3. The van der Waals surface area contributed by atoms with E-state index in [4.69, 9.17) is 21.3 Å². The third kappa shape index (κ3) is 4.72. The summed E-state index contributed by atoms with van der Waals surface area (Å²) in [5.74, 6) is -1.11. The molecule has 0 aliphatic carbocycles. The van der Waals surface area contributed by atoms with Crippen LogP contribution in [-0.2, 0) is 16.0 Å². The molecule has 1 N–H and O–H groups in total. The average molecular weight is 533 g/mol. The Morgan fingerprint density at radius 1 is 1.08 bits per heavy atom. The van der Waals surface area contributed by atoms with Crippen LogP contribution >= 0.6 is 22.9 Å². The predicted octanol–water partition coefficient (Wildman–Crippen LogP) is 6.93. The van der Waals surface area contributed by atoms with E-state index in [2.05, 4.69) is 6.92 Å². The van der Waals surface area contributed by atoms with Gasteiger partial charge in [0.15, 0.2) is 5.13 Å². The van der Waals surface area contributed by atoms with Crippen molar-refractivity contribution >= 4 is 55.7 Å². The molecular formula is C29H25ClN2O4S. The average Bonchev–Trinajstić information content (AvgIpc) is 3.41. The number of aryl methyl sites for hydroxylation is 1. The number of carbonyl (C=O) groups excluding carboxylic acids is 2. The Balaban J connectivity index is 1.68. The van der Waals surface area contributed by atoms with Gasteiger partial charge in [-0.25, -0.2) is 4.98 Å². The van der Waals surface area contributed by atoms with Crippen LogP contribution in [0.2, 0.25) is 5.02 Å². The van der Waals surface area contributed by atoms with Gasteiger partial charge in [0.2, 0.25) is 0 Å². The summed E-state index contributed by atoms with van der Waals surface area (Å²) in [5.41, 5.74) is 2.95. The van der Waals surface area contributed by atoms with E-state index in [-0.39, 0.29) is 17.4 Å². The zero-order valence-electron chi connectivity index (χ0n) is 20.6. The summed E-state index contributed by atoms with van der Waals surface area (Å²) in [6.45, 7) is 5.95. The fourth-order valence-corrected chi connectivity index (χ4v) is 5.57. The number of rotatable bonds is 6. The van der Waals surface area contributed by atoms with Gasteiger partial charge in [-0.05, 0) is 79.9 Å². The lowest BCUT2D eigenvalue weighted by molar-refractivity contribution is -0.132. The molecular weight excluding hydrogens is 508 g/mol. The van der Waals surface area contributed by atoms with Crippen LogP contribution in [-0.4, -0.2) is 27.9 Å². The van der Waals surface area contributed by atoms with Crippen LogP contribution in [0.4, 0.5) is 5.13 Å². The van der Waals surface area contributed by atoms with Crippen molar-refractivity contribution in [3.8, 4) is 5.75 Å². The zero-order chi connectivity index (χ0) is 26.3. The molecule has 1 fully saturated rings. The summed E-state index contributed by atoms with van der Waals surface area (Å²) in [6, 6.07) is 18.8. The maximum atomic E-state index is 13.5. The van der Waals surface area contributed by atoms with E-state index in [9.17, 15) is 14.7 Å². The number of amides is 1. The Bertz CT molecular complexity index is 1520. The molecule has 0 bridgehead atoms. The number of thiazole rings is 1. The lowest BCUT2D eigenvalue weighted by atomic mass is 9.95. The van der Waals surface area contributed by atoms with Crippen molar-refractivity contribution < 1.29 is 19.4 Å². The molecule has 0 saturated carbocycles. The van der Waals surface area contributed by atoms with E-state index in [1.54, 1.807) is 48.5 Å². The van der Waals surface area contributed by atoms with E-state index in [0.717, 1.165) is 22.2 Å². The summed E-state index contributed by atoms with van der Waals surface area (Å²) in [6.07, 6.45) is 0.872. The minimum absolute atomic E-state index is 0.00152. The number of anilines is 1. The molecule has 1 aromatic heterocycles. The first-order chi connectivity index (χ1) is 17.8. The van der Waals surface area contributed by atoms with Gasteiger partial charge in [-0.1, -0.05) is 48.1 Å². The summed E-state index contributed by atoms with van der Waals surface area (Å²) in [7, 11) is 0. The van der Waals surface area contributed by atoms with Gasteiger partial charge in [-0.2, -0.15) is 0 Å². The first-order valence-corrected chi connectivity index (χ1v) is 13.2. The van der Waals surface area contributed by atoms with Crippen LogP contribution in [0, 0.1) is 0 Å². The zero-order valence-corrected chi connectivity index (χ0v) is 22.1. The number of hydrogen-bond acceptors (Lipinski definition) is 6. The highest BCUT2D eigenvalue weighted by Gasteiger charge is 2.48. The van der Waals surface area contributed by atoms with Gasteiger partial charge in [0.05, 0.1) is 27.9 Å². The smallest absolute Gasteiger partial charge is 0.301 e. The molecule has 5 rings (SSSR count). The Hall–Kier alpha value is -3.68. The van der Waals surface area contributed by atoms with Crippen molar-refractivity contribution in [1.29, 1.82) is 0 Å². The number of ketones is 1. The standard InChI is InChI=1S/C29H25ClN2O4S/c1-4-17-5-14-22-23(15-17)37-29(31-22)32-25(18-8-12-21(13-9-18)36-16(2)3)24(27(34)28(32)35)26(33)19-6-10-20(30)11-7-19/h5-16,25,33H,4H2,1-3H3/b26-24+/t25-/m1/s1. The highest BCUT2D eigenvalue weighted by Crippen LogP contribution is 2.44. The number of nitrogens with zero attached hydrogens (tertiary/aromatic N) is 2. The summed E-state index contributed by atoms with van der Waals surface area (Å²) in [5, 5.41) is 12.2. The van der Waals surface area contributed by atoms with Gasteiger partial charge >= 0.3 is 5.91 Å². The van der Waals surface area contributed by atoms with E-state index in [0.29, 0.717) is 27.0 Å². The molecule has 0 spiro atoms. The van der Waals surface area contributed by atoms with Crippen LogP contribution in [0.5, 0.6) is 5.75 Å². The Morgan fingerprint density at radius 3 is 2.43 bits per heavy atom. The maximum Gasteiger partial charge on any atom is 0.301 e. The second-order valence-corrected chi connectivity index (χ2v) is 10.5. The van der Waals surface area contributed by atoms with E-state index in [1.165, 1.54) is 16.2 Å². The third-order valence-corrected chi connectivity index (χ3v) is 7.46. The van der Waals surface area contributed by atoms with E-state index in [1.807, 2.05) is 32.0 Å². The first kappa shape index (κ1) is 25.0. The minimum Gasteiger partial charge on any atom is -0.507 e. The molecule has 3 aromatic carbocycles. The molecule has 0 radical (unpaired) electrons. The topological polar surface area (TPSA) is 79.7 Å². The number of fused-ring (bicyclic) bond motifs is 1. The molecule has 0 unspecified atom stereocenters. The summed E-state index contributed by atoms with van der Waals surface area (Å²) < 4.78 is 6.69. The molecule has 1 aliphatic rings. The van der Waals surface area contributed by atoms with Crippen LogP contribution in [0.3, 0.4) is 0 Å². The van der Waals surface area contributed by atoms with Gasteiger partial charge in [0.1, 0.15) is 11.5 Å². The van der Waals surface area contributed by atoms with Gasteiger partial charge in [-0.3, -0.25) is 14.5 Å². The lowest BCUT2D eigenvalue weighted by Gasteiger charge is -2.23. The number of carbonyl (C=O) groups is 2. The van der Waals surface area contributed by atoms with Crippen molar-refractivity contribution in [2.24, 2.45) is 0 Å². The number of aromatic nitrogens is 1. The van der Waals surface area contributed by atoms with Crippen LogP contribution in [0.25, 0.3) is 16.0 Å². The molecule has 2 heterocycles. The summed E-state index contributed by atoms with van der Waals surface area (Å²) in [4.78, 5) is 32.9. The Morgan fingerprint density at radius 2 is 1.78 bits per heavy atom. The molecule has 188 valence electrons. The van der Waals surface area contributed by atoms with Crippen LogP contribution < -0.4 is 9.64 Å². The Kier molecular flexibility index (Phi) is 6.75. The number of aliphatic hydroxyl groups excluding tert-OH is 1. The second-order valence-electron chi connectivity index (χ2n) is 9.06. The van der Waals surface area contributed by atoms with Gasteiger partial charge in [0, 0.05) is 10.6 Å². The molecule has 1 saturated heterocycles. The predicted molar refractivity (Wildman–Crippen MR) is 147 cm³/mol. The van der Waals surface area contributed by atoms with Crippen molar-refractivity contribution in [3.63, 3.8) is 0 Å². The fraction of sp³-hybridized carbons (Fsp3) is 0.207. The molecule has 8 heteroatoms. The Labute approximate surface area is 223 Å². The number of hydrogen-bond donors (Lipinski definition) is 1. The quantitative estimate of drug-likeness (QED) is 0.165. The lowest BCUT2D eigenvalue weighted by Crippen LogP contribution is -2.29. The second kappa shape index (κ2) is 10.00. The van der Waals surface area contributed by atoms with E-state index >= 15 is 0 Å². The van der Waals surface area contributed by atoms with Crippen LogP contribution in [0.15, 0.2) is 72.3 Å². The minimum atomic E-state index is -0.866.